The first-order valence-electron chi connectivity index (χ1n) is 15.8. The SMILES string of the molecule is CCOC(=O)CNC(=O)N(CC#N)CCCN1C[C@H](C)C[C@@](C)(O)[C@H](O)[C@@H](C)[C@H](O)[C@@H](C)C(=O)O[C@H](CC)[C@@](C)(O)[C@H](O)[C@H]1C. The molecule has 0 aromatic carbocycles. The van der Waals surface area contributed by atoms with Crippen LogP contribution in [0.1, 0.15) is 74.7 Å². The van der Waals surface area contributed by atoms with Crippen LogP contribution < -0.4 is 5.32 Å². The van der Waals surface area contributed by atoms with Crippen molar-refractivity contribution in [2.45, 2.75) is 116 Å². The van der Waals surface area contributed by atoms with Gasteiger partial charge in [0.2, 0.25) is 0 Å². The van der Waals surface area contributed by atoms with Gasteiger partial charge < -0.3 is 45.2 Å². The summed E-state index contributed by atoms with van der Waals surface area (Å²) < 4.78 is 10.4. The maximum atomic E-state index is 13.1. The molecule has 0 spiro atoms. The zero-order valence-corrected chi connectivity index (χ0v) is 28.1. The van der Waals surface area contributed by atoms with Crippen LogP contribution in [-0.2, 0) is 19.1 Å². The number of esters is 2. The third kappa shape index (κ3) is 11.3. The standard InChI is InChI=1S/C31H56N4O10/c1-9-23-31(8,43)27(39)22(6)35(14-11-13-34(15-12-32)29(41)33-17-24(36)44-10-2)18-19(3)16-30(7,42)26(38)20(4)25(37)21(5)28(40)45-23/h19-23,25-27,37-39,42-43H,9-11,13-18H2,1-8H3,(H,33,41)/t19-,20+,21-,22-,23-,25+,26-,27-,30-,31-/m1/s1. The molecule has 0 aliphatic carbocycles. The minimum atomic E-state index is -1.90. The number of aliphatic hydroxyl groups is 5. The van der Waals surface area contributed by atoms with Gasteiger partial charge in [0.25, 0.3) is 0 Å². The maximum absolute atomic E-state index is 13.1. The molecule has 1 heterocycles. The Morgan fingerprint density at radius 3 is 2.31 bits per heavy atom. The Bertz CT molecular complexity index is 1000. The molecule has 0 unspecified atom stereocenters. The summed E-state index contributed by atoms with van der Waals surface area (Å²) in [5, 5.41) is 68.0. The topological polar surface area (TPSA) is 213 Å². The Kier molecular flexibility index (Phi) is 16.2. The van der Waals surface area contributed by atoms with Crippen LogP contribution in [0.2, 0.25) is 0 Å². The highest BCUT2D eigenvalue weighted by molar-refractivity contribution is 5.81. The first-order chi connectivity index (χ1) is 20.8. The molecule has 1 fully saturated rings. The van der Waals surface area contributed by atoms with Gasteiger partial charge in [0.05, 0.1) is 36.4 Å². The zero-order valence-electron chi connectivity index (χ0n) is 28.1. The number of urea groups is 1. The number of aliphatic hydroxyl groups excluding tert-OH is 3. The van der Waals surface area contributed by atoms with Gasteiger partial charge in [-0.1, -0.05) is 20.8 Å². The van der Waals surface area contributed by atoms with Gasteiger partial charge in [0, 0.05) is 31.6 Å². The highest BCUT2D eigenvalue weighted by atomic mass is 16.6. The van der Waals surface area contributed by atoms with E-state index < -0.39 is 71.5 Å². The zero-order chi connectivity index (χ0) is 34.7. The Hall–Kier alpha value is -2.54. The van der Waals surface area contributed by atoms with E-state index in [1.54, 1.807) is 20.8 Å². The van der Waals surface area contributed by atoms with Gasteiger partial charge in [-0.15, -0.1) is 0 Å². The monoisotopic (exact) mass is 644 g/mol. The lowest BCUT2D eigenvalue weighted by Crippen LogP contribution is -2.59. The molecule has 2 amide bonds. The third-order valence-electron chi connectivity index (χ3n) is 8.89. The first kappa shape index (κ1) is 40.5. The van der Waals surface area contributed by atoms with Gasteiger partial charge >= 0.3 is 18.0 Å². The van der Waals surface area contributed by atoms with Crippen LogP contribution in [0.15, 0.2) is 0 Å². The minimum Gasteiger partial charge on any atom is -0.465 e. The number of hydrogen-bond acceptors (Lipinski definition) is 12. The highest BCUT2D eigenvalue weighted by Crippen LogP contribution is 2.32. The molecular weight excluding hydrogens is 588 g/mol. The molecule has 6 N–H and O–H groups in total. The van der Waals surface area contributed by atoms with Crippen LogP contribution in [0.25, 0.3) is 0 Å². The molecule has 0 aromatic rings. The number of rotatable bonds is 9. The van der Waals surface area contributed by atoms with Crippen LogP contribution in [0.5, 0.6) is 0 Å². The molecule has 14 heteroatoms. The summed E-state index contributed by atoms with van der Waals surface area (Å²) in [5.41, 5.74) is -3.54. The van der Waals surface area contributed by atoms with E-state index in [1.165, 1.54) is 32.6 Å². The van der Waals surface area contributed by atoms with E-state index in [0.29, 0.717) is 19.5 Å². The Balaban J connectivity index is 3.33. The fourth-order valence-corrected chi connectivity index (χ4v) is 6.12. The lowest BCUT2D eigenvalue weighted by atomic mass is 9.78. The van der Waals surface area contributed by atoms with Gasteiger partial charge in [-0.2, -0.15) is 5.26 Å². The first-order valence-corrected chi connectivity index (χ1v) is 15.8. The molecule has 0 saturated carbocycles. The van der Waals surface area contributed by atoms with E-state index in [0.717, 1.165) is 0 Å². The predicted octanol–water partition coefficient (Wildman–Crippen LogP) is 0.384. The molecule has 0 radical (unpaired) electrons. The fourth-order valence-electron chi connectivity index (χ4n) is 6.12. The largest absolute Gasteiger partial charge is 0.465 e. The number of carbonyl (C=O) groups is 3. The van der Waals surface area contributed by atoms with Crippen molar-refractivity contribution in [3.8, 4) is 6.07 Å². The second kappa shape index (κ2) is 18.0. The van der Waals surface area contributed by atoms with E-state index in [2.05, 4.69) is 5.32 Å². The van der Waals surface area contributed by atoms with Crippen molar-refractivity contribution in [1.29, 1.82) is 5.26 Å². The van der Waals surface area contributed by atoms with Crippen LogP contribution in [0.3, 0.4) is 0 Å². The Morgan fingerprint density at radius 1 is 1.13 bits per heavy atom. The van der Waals surface area contributed by atoms with Crippen LogP contribution >= 0.6 is 0 Å². The van der Waals surface area contributed by atoms with E-state index >= 15 is 0 Å². The molecule has 260 valence electrons. The molecule has 14 nitrogen and oxygen atoms in total. The van der Waals surface area contributed by atoms with Crippen molar-refractivity contribution in [3.63, 3.8) is 0 Å². The van der Waals surface area contributed by atoms with Crippen molar-refractivity contribution < 1.29 is 49.4 Å². The molecule has 45 heavy (non-hydrogen) atoms. The molecule has 1 aliphatic rings. The average molecular weight is 645 g/mol. The normalized spacial score (nSPS) is 35.7. The summed E-state index contributed by atoms with van der Waals surface area (Å²) >= 11 is 0. The smallest absolute Gasteiger partial charge is 0.325 e. The second-order valence-electron chi connectivity index (χ2n) is 12.9. The number of hydrogen-bond donors (Lipinski definition) is 6. The summed E-state index contributed by atoms with van der Waals surface area (Å²) in [6, 6.07) is 0.610. The molecule has 1 saturated heterocycles. The summed E-state index contributed by atoms with van der Waals surface area (Å²) in [6.45, 7) is 13.0. The van der Waals surface area contributed by atoms with Gasteiger partial charge in [0.15, 0.2) is 0 Å². The summed E-state index contributed by atoms with van der Waals surface area (Å²) in [4.78, 5) is 40.5. The minimum absolute atomic E-state index is 0.105. The van der Waals surface area contributed by atoms with Gasteiger partial charge in [0.1, 0.15) is 30.9 Å². The van der Waals surface area contributed by atoms with E-state index in [-0.39, 0.29) is 45.0 Å². The highest BCUT2D eigenvalue weighted by Gasteiger charge is 2.47. The number of carbonyl (C=O) groups excluding carboxylic acids is 3. The van der Waals surface area contributed by atoms with Crippen LogP contribution in [-0.4, -0.2) is 134 Å². The Morgan fingerprint density at radius 2 is 1.76 bits per heavy atom. The number of ether oxygens (including phenoxy) is 2. The van der Waals surface area contributed by atoms with Crippen molar-refractivity contribution in [2.24, 2.45) is 17.8 Å². The van der Waals surface area contributed by atoms with E-state index in [4.69, 9.17) is 9.47 Å². The predicted molar refractivity (Wildman–Crippen MR) is 164 cm³/mol. The van der Waals surface area contributed by atoms with E-state index in [9.17, 15) is 45.2 Å². The fraction of sp³-hybridized carbons (Fsp3) is 0.871. The molecule has 10 atom stereocenters. The summed E-state index contributed by atoms with van der Waals surface area (Å²) in [6.07, 6.45) is -4.67. The Labute approximate surface area is 267 Å². The molecule has 1 rings (SSSR count). The van der Waals surface area contributed by atoms with Crippen molar-refractivity contribution in [1.82, 2.24) is 15.1 Å². The average Bonchev–Trinajstić information content (AvgIpc) is 2.98. The third-order valence-corrected chi connectivity index (χ3v) is 8.89. The molecule has 1 aliphatic heterocycles. The number of cyclic esters (lactones) is 1. The van der Waals surface area contributed by atoms with E-state index in [1.807, 2.05) is 17.9 Å². The van der Waals surface area contributed by atoms with Gasteiger partial charge in [-0.25, -0.2) is 4.79 Å². The maximum Gasteiger partial charge on any atom is 0.325 e. The number of nitrogens with one attached hydrogen (secondary N) is 1. The van der Waals surface area contributed by atoms with Crippen LogP contribution in [0.4, 0.5) is 4.79 Å². The quantitative estimate of drug-likeness (QED) is 0.149. The molecule has 0 bridgehead atoms. The second-order valence-corrected chi connectivity index (χ2v) is 12.9. The van der Waals surface area contributed by atoms with Gasteiger partial charge in [-0.3, -0.25) is 14.5 Å². The summed E-state index contributed by atoms with van der Waals surface area (Å²) in [5.74, 6) is -3.67. The lowest BCUT2D eigenvalue weighted by molar-refractivity contribution is -0.193. The summed E-state index contributed by atoms with van der Waals surface area (Å²) in [7, 11) is 0. The molecular formula is C31H56N4O10. The molecule has 0 aromatic heterocycles. The van der Waals surface area contributed by atoms with Crippen molar-refractivity contribution in [2.75, 3.05) is 39.3 Å². The number of nitriles is 1. The van der Waals surface area contributed by atoms with Gasteiger partial charge in [-0.05, 0) is 59.8 Å². The van der Waals surface area contributed by atoms with Crippen molar-refractivity contribution >= 4 is 18.0 Å². The number of amides is 2. The van der Waals surface area contributed by atoms with Crippen LogP contribution in [0, 0.1) is 29.1 Å². The number of nitrogens with zero attached hydrogens (tertiary/aromatic N) is 3. The lowest BCUT2D eigenvalue weighted by Gasteiger charge is -2.43. The van der Waals surface area contributed by atoms with Crippen molar-refractivity contribution in [3.05, 3.63) is 0 Å².